The second-order valence-corrected chi connectivity index (χ2v) is 4.95. The summed E-state index contributed by atoms with van der Waals surface area (Å²) >= 11 is 9.29. The van der Waals surface area contributed by atoms with Crippen molar-refractivity contribution in [2.24, 2.45) is 0 Å². The van der Waals surface area contributed by atoms with Gasteiger partial charge in [0.1, 0.15) is 24.0 Å². The van der Waals surface area contributed by atoms with Crippen LogP contribution < -0.4 is 4.74 Å². The third kappa shape index (κ3) is 3.43. The second kappa shape index (κ2) is 5.67. The van der Waals surface area contributed by atoms with Crippen molar-refractivity contribution in [1.29, 1.82) is 0 Å². The lowest BCUT2D eigenvalue weighted by Crippen LogP contribution is -1.97. The van der Waals surface area contributed by atoms with Crippen molar-refractivity contribution in [2.75, 3.05) is 0 Å². The molecule has 0 fully saturated rings. The fourth-order valence-electron chi connectivity index (χ4n) is 1.41. The lowest BCUT2D eigenvalue weighted by molar-refractivity contribution is 0.302. The molecule has 18 heavy (non-hydrogen) atoms. The van der Waals surface area contributed by atoms with Gasteiger partial charge in [-0.05, 0) is 12.1 Å². The summed E-state index contributed by atoms with van der Waals surface area (Å²) in [6.07, 6.45) is 0. The summed E-state index contributed by atoms with van der Waals surface area (Å²) in [7, 11) is 0. The normalized spacial score (nSPS) is 10.4. The summed E-state index contributed by atoms with van der Waals surface area (Å²) in [5.41, 5.74) is 0.740. The molecule has 0 N–H and O–H groups in total. The van der Waals surface area contributed by atoms with E-state index in [1.165, 1.54) is 0 Å². The van der Waals surface area contributed by atoms with Crippen LogP contribution in [0.5, 0.6) is 5.75 Å². The highest BCUT2D eigenvalue weighted by Crippen LogP contribution is 2.23. The van der Waals surface area contributed by atoms with Crippen molar-refractivity contribution >= 4 is 27.5 Å². The summed E-state index contributed by atoms with van der Waals surface area (Å²) in [4.78, 5) is 0. The number of hydrogen-bond donors (Lipinski definition) is 0. The maximum Gasteiger partial charge on any atom is 0.129 e. The molecule has 2 aromatic rings. The Hall–Kier alpha value is -1.13. The van der Waals surface area contributed by atoms with Gasteiger partial charge in [0.2, 0.25) is 0 Å². The Morgan fingerprint density at radius 1 is 1.06 bits per heavy atom. The minimum absolute atomic E-state index is 0.131. The maximum absolute atomic E-state index is 12.9. The summed E-state index contributed by atoms with van der Waals surface area (Å²) in [6, 6.07) is 8.36. The van der Waals surface area contributed by atoms with Crippen LogP contribution in [-0.2, 0) is 6.61 Å². The van der Waals surface area contributed by atoms with Crippen LogP contribution in [0.2, 0.25) is 5.02 Å². The highest BCUT2D eigenvalue weighted by Gasteiger charge is 2.05. The molecule has 0 aromatic heterocycles. The van der Waals surface area contributed by atoms with E-state index < -0.39 is 11.6 Å². The molecule has 0 radical (unpaired) electrons. The van der Waals surface area contributed by atoms with Crippen LogP contribution in [0.3, 0.4) is 0 Å². The van der Waals surface area contributed by atoms with E-state index in [2.05, 4.69) is 15.9 Å². The van der Waals surface area contributed by atoms with E-state index in [0.29, 0.717) is 5.02 Å². The number of halogens is 4. The molecule has 1 nitrogen and oxygen atoms in total. The quantitative estimate of drug-likeness (QED) is 0.771. The molecule has 0 bridgehead atoms. The molecule has 94 valence electrons. The van der Waals surface area contributed by atoms with Crippen molar-refractivity contribution in [2.45, 2.75) is 6.61 Å². The van der Waals surface area contributed by atoms with Gasteiger partial charge in [-0.3, -0.25) is 0 Å². The van der Waals surface area contributed by atoms with Crippen molar-refractivity contribution < 1.29 is 13.5 Å². The van der Waals surface area contributed by atoms with E-state index in [-0.39, 0.29) is 12.4 Å². The van der Waals surface area contributed by atoms with Gasteiger partial charge in [0.05, 0.1) is 0 Å². The van der Waals surface area contributed by atoms with E-state index in [4.69, 9.17) is 16.3 Å². The SMILES string of the molecule is Fc1cc(F)cc(OCc2ccc(Br)cc2Cl)c1. The maximum atomic E-state index is 12.9. The molecule has 0 aliphatic rings. The zero-order chi connectivity index (χ0) is 13.1. The molecule has 0 heterocycles. The Kier molecular flexibility index (Phi) is 4.19. The summed E-state index contributed by atoms with van der Waals surface area (Å²) in [5, 5.41) is 0.529. The molecule has 0 aliphatic carbocycles. The Labute approximate surface area is 116 Å². The van der Waals surface area contributed by atoms with Gasteiger partial charge in [-0.15, -0.1) is 0 Å². The van der Waals surface area contributed by atoms with Gasteiger partial charge in [0.15, 0.2) is 0 Å². The Balaban J connectivity index is 2.11. The van der Waals surface area contributed by atoms with Crippen molar-refractivity contribution in [3.8, 4) is 5.75 Å². The Bertz CT molecular complexity index is 555. The van der Waals surface area contributed by atoms with Crippen LogP contribution in [0.25, 0.3) is 0 Å². The third-order valence-corrected chi connectivity index (χ3v) is 3.09. The average Bonchev–Trinajstić information content (AvgIpc) is 2.26. The first kappa shape index (κ1) is 13.3. The first-order valence-electron chi connectivity index (χ1n) is 5.07. The fourth-order valence-corrected chi connectivity index (χ4v) is 2.14. The first-order chi connectivity index (χ1) is 8.54. The van der Waals surface area contributed by atoms with E-state index >= 15 is 0 Å². The third-order valence-electron chi connectivity index (χ3n) is 2.25. The Morgan fingerprint density at radius 3 is 2.33 bits per heavy atom. The van der Waals surface area contributed by atoms with Crippen LogP contribution in [0.4, 0.5) is 8.78 Å². The molecule has 0 atom stereocenters. The van der Waals surface area contributed by atoms with Crippen LogP contribution in [0.15, 0.2) is 40.9 Å². The molecule has 0 aliphatic heterocycles. The van der Waals surface area contributed by atoms with E-state index in [9.17, 15) is 8.78 Å². The largest absolute Gasteiger partial charge is 0.489 e. The van der Waals surface area contributed by atoms with Gasteiger partial charge >= 0.3 is 0 Å². The van der Waals surface area contributed by atoms with Gasteiger partial charge < -0.3 is 4.74 Å². The molecule has 2 aromatic carbocycles. The fraction of sp³-hybridized carbons (Fsp3) is 0.0769. The molecular formula is C13H8BrClF2O. The van der Waals surface area contributed by atoms with Crippen molar-refractivity contribution in [3.63, 3.8) is 0 Å². The monoisotopic (exact) mass is 332 g/mol. The van der Waals surface area contributed by atoms with E-state index in [1.54, 1.807) is 12.1 Å². The molecule has 2 rings (SSSR count). The molecule has 0 amide bonds. The predicted octanol–water partition coefficient (Wildman–Crippen LogP) is 4.96. The molecule has 0 unspecified atom stereocenters. The van der Waals surface area contributed by atoms with Crippen molar-refractivity contribution in [1.82, 2.24) is 0 Å². The zero-order valence-electron chi connectivity index (χ0n) is 9.09. The van der Waals surface area contributed by atoms with Crippen LogP contribution in [0, 0.1) is 11.6 Å². The number of benzene rings is 2. The minimum Gasteiger partial charge on any atom is -0.489 e. The predicted molar refractivity (Wildman–Crippen MR) is 69.8 cm³/mol. The molecule has 0 saturated heterocycles. The van der Waals surface area contributed by atoms with Gasteiger partial charge in [0.25, 0.3) is 0 Å². The Morgan fingerprint density at radius 2 is 1.72 bits per heavy atom. The van der Waals surface area contributed by atoms with Gasteiger partial charge in [0, 0.05) is 33.3 Å². The lowest BCUT2D eigenvalue weighted by Gasteiger charge is -2.08. The second-order valence-electron chi connectivity index (χ2n) is 3.63. The molecule has 5 heteroatoms. The summed E-state index contributed by atoms with van der Waals surface area (Å²) < 4.78 is 32.0. The highest BCUT2D eigenvalue weighted by atomic mass is 79.9. The van der Waals surface area contributed by atoms with Gasteiger partial charge in [-0.25, -0.2) is 8.78 Å². The van der Waals surface area contributed by atoms with Crippen LogP contribution in [-0.4, -0.2) is 0 Å². The molecule has 0 spiro atoms. The lowest BCUT2D eigenvalue weighted by atomic mass is 10.2. The van der Waals surface area contributed by atoms with Crippen molar-refractivity contribution in [3.05, 3.63) is 63.1 Å². The average molecular weight is 334 g/mol. The summed E-state index contributed by atoms with van der Waals surface area (Å²) in [6.45, 7) is 0.148. The smallest absolute Gasteiger partial charge is 0.129 e. The standard InChI is InChI=1S/C13H8BrClF2O/c14-9-2-1-8(13(15)3-9)7-18-12-5-10(16)4-11(17)6-12/h1-6H,7H2. The molecule has 0 saturated carbocycles. The van der Waals surface area contributed by atoms with Gasteiger partial charge in [-0.2, -0.15) is 0 Å². The summed E-state index contributed by atoms with van der Waals surface area (Å²) in [5.74, 6) is -1.22. The van der Waals surface area contributed by atoms with E-state index in [1.807, 2.05) is 6.07 Å². The van der Waals surface area contributed by atoms with E-state index in [0.717, 1.165) is 28.2 Å². The van der Waals surface area contributed by atoms with Crippen LogP contribution >= 0.6 is 27.5 Å². The number of rotatable bonds is 3. The number of hydrogen-bond acceptors (Lipinski definition) is 1. The first-order valence-corrected chi connectivity index (χ1v) is 6.24. The minimum atomic E-state index is -0.674. The topological polar surface area (TPSA) is 9.23 Å². The zero-order valence-corrected chi connectivity index (χ0v) is 11.4. The molecular weight excluding hydrogens is 325 g/mol. The number of ether oxygens (including phenoxy) is 1. The van der Waals surface area contributed by atoms with Crippen LogP contribution in [0.1, 0.15) is 5.56 Å². The van der Waals surface area contributed by atoms with Gasteiger partial charge in [-0.1, -0.05) is 33.6 Å². The highest BCUT2D eigenvalue weighted by molar-refractivity contribution is 9.10.